The van der Waals surface area contributed by atoms with Crippen molar-refractivity contribution in [3.8, 4) is 0 Å². The van der Waals surface area contributed by atoms with Crippen LogP contribution in [0.25, 0.3) is 0 Å². The minimum absolute atomic E-state index is 0.113. The van der Waals surface area contributed by atoms with Crippen molar-refractivity contribution in [2.45, 2.75) is 24.7 Å². The van der Waals surface area contributed by atoms with Gasteiger partial charge >= 0.3 is 12.4 Å². The molecule has 250 valence electrons. The van der Waals surface area contributed by atoms with Gasteiger partial charge in [-0.3, -0.25) is 29.3 Å². The molecular weight excluding hydrogens is 707 g/mol. The molecule has 0 saturated carbocycles. The topological polar surface area (TPSA) is 118 Å². The third kappa shape index (κ3) is 4.86. The summed E-state index contributed by atoms with van der Waals surface area (Å²) in [5.41, 5.74) is -11.9. The van der Waals surface area contributed by atoms with Crippen molar-refractivity contribution in [2.75, 3.05) is 9.80 Å². The maximum absolute atomic E-state index is 15.1. The Morgan fingerprint density at radius 1 is 0.612 bits per heavy atom. The van der Waals surface area contributed by atoms with Crippen LogP contribution in [0.5, 0.6) is 0 Å². The van der Waals surface area contributed by atoms with E-state index in [2.05, 4.69) is 0 Å². The zero-order valence-corrected chi connectivity index (χ0v) is 25.8. The second-order valence-electron chi connectivity index (χ2n) is 11.0. The van der Waals surface area contributed by atoms with E-state index in [1.54, 1.807) is 0 Å². The molecule has 0 N–H and O–H groups in total. The molecular formula is C32H15Cl2F6N3O6. The Morgan fingerprint density at radius 3 is 1.51 bits per heavy atom. The number of hydrogen-bond acceptors (Lipinski definition) is 6. The van der Waals surface area contributed by atoms with E-state index in [9.17, 15) is 29.3 Å². The van der Waals surface area contributed by atoms with Crippen LogP contribution in [0.15, 0.2) is 72.8 Å². The average Bonchev–Trinajstić information content (AvgIpc) is 3.39. The van der Waals surface area contributed by atoms with Crippen LogP contribution < -0.4 is 9.80 Å². The summed E-state index contributed by atoms with van der Waals surface area (Å²) in [5.74, 6) is -4.97. The molecule has 2 aliphatic heterocycles. The molecule has 2 heterocycles. The Morgan fingerprint density at radius 2 is 1.06 bits per heavy atom. The number of amides is 4. The van der Waals surface area contributed by atoms with E-state index in [4.69, 9.17) is 23.2 Å². The first-order chi connectivity index (χ1) is 22.8. The van der Waals surface area contributed by atoms with Crippen molar-refractivity contribution in [3.63, 3.8) is 0 Å². The molecule has 0 unspecified atom stereocenters. The number of nitro groups is 1. The summed E-state index contributed by atoms with van der Waals surface area (Å²) in [7, 11) is 0. The van der Waals surface area contributed by atoms with Gasteiger partial charge in [-0.05, 0) is 72.1 Å². The molecule has 2 aliphatic rings. The molecule has 49 heavy (non-hydrogen) atoms. The minimum Gasteiger partial charge on any atom is -0.268 e. The highest BCUT2D eigenvalue weighted by Crippen LogP contribution is 2.57. The third-order valence-corrected chi connectivity index (χ3v) is 8.75. The molecule has 0 saturated heterocycles. The number of anilines is 2. The first kappa shape index (κ1) is 33.6. The molecule has 4 aromatic rings. The second kappa shape index (κ2) is 11.1. The standard InChI is InChI=1S/C32H15Cl2F6N3O6/c1-14-2-8-24(25(10-14)43(48)49)42-27(45)19-7-4-16(12-21(19)29(42)47)30(31(35,36)37,32(38,39)40)15-3-6-18-20(11-15)28(46)41(26(18)44)23-9-5-17(33)13-22(23)34/h2-13H,1H3. The Hall–Kier alpha value is -5.28. The van der Waals surface area contributed by atoms with E-state index < -0.39 is 91.1 Å². The quantitative estimate of drug-likeness (QED) is 0.0887. The molecule has 0 radical (unpaired) electrons. The molecule has 4 amide bonds. The van der Waals surface area contributed by atoms with E-state index in [1.165, 1.54) is 31.2 Å². The highest BCUT2D eigenvalue weighted by Gasteiger charge is 2.73. The fourth-order valence-corrected chi connectivity index (χ4v) is 6.49. The molecule has 0 aromatic heterocycles. The number of nitrogens with zero attached hydrogens (tertiary/aromatic N) is 3. The minimum atomic E-state index is -6.19. The van der Waals surface area contributed by atoms with Crippen molar-refractivity contribution in [3.05, 3.63) is 132 Å². The number of carbonyl (C=O) groups excluding carboxylic acids is 4. The summed E-state index contributed by atoms with van der Waals surface area (Å²) < 4.78 is 90.6. The molecule has 0 bridgehead atoms. The van der Waals surface area contributed by atoms with Crippen LogP contribution in [0, 0.1) is 17.0 Å². The lowest BCUT2D eigenvalue weighted by atomic mass is 9.71. The van der Waals surface area contributed by atoms with Crippen LogP contribution in [0.3, 0.4) is 0 Å². The summed E-state index contributed by atoms with van der Waals surface area (Å²) in [5, 5.41) is 11.6. The first-order valence-corrected chi connectivity index (χ1v) is 14.5. The molecule has 6 rings (SSSR count). The van der Waals surface area contributed by atoms with Gasteiger partial charge in [0, 0.05) is 11.1 Å². The number of rotatable bonds is 5. The zero-order valence-electron chi connectivity index (χ0n) is 24.2. The smallest absolute Gasteiger partial charge is 0.268 e. The Bertz CT molecular complexity index is 2170. The SMILES string of the molecule is Cc1ccc(N2C(=O)c3ccc(C(c4ccc5c(c4)C(=O)N(c4ccc(Cl)cc4Cl)C5=O)(C(F)(F)F)C(F)(F)F)cc3C2=O)c([N+](=O)[O-])c1. The number of nitro benzene ring substituents is 1. The van der Waals surface area contributed by atoms with Crippen LogP contribution in [0.2, 0.25) is 10.0 Å². The van der Waals surface area contributed by atoms with Crippen LogP contribution in [0.4, 0.5) is 43.4 Å². The molecule has 17 heteroatoms. The number of benzene rings is 4. The van der Waals surface area contributed by atoms with Crippen molar-refractivity contribution in [1.29, 1.82) is 0 Å². The van der Waals surface area contributed by atoms with E-state index in [0.717, 1.165) is 12.1 Å². The number of fused-ring (bicyclic) bond motifs is 2. The second-order valence-corrected chi connectivity index (χ2v) is 11.8. The third-order valence-electron chi connectivity index (χ3n) is 8.21. The number of carbonyl (C=O) groups is 4. The fourth-order valence-electron chi connectivity index (χ4n) is 6.00. The van der Waals surface area contributed by atoms with Gasteiger partial charge in [-0.2, -0.15) is 26.3 Å². The number of imide groups is 2. The predicted molar refractivity (Wildman–Crippen MR) is 162 cm³/mol. The van der Waals surface area contributed by atoms with Crippen molar-refractivity contribution in [2.24, 2.45) is 0 Å². The largest absolute Gasteiger partial charge is 0.411 e. The average molecular weight is 722 g/mol. The van der Waals surface area contributed by atoms with Gasteiger partial charge in [-0.25, -0.2) is 9.80 Å². The van der Waals surface area contributed by atoms with E-state index in [-0.39, 0.29) is 21.8 Å². The Kier molecular flexibility index (Phi) is 7.64. The Labute approximate surface area is 280 Å². The van der Waals surface area contributed by atoms with Gasteiger partial charge in [0.25, 0.3) is 29.3 Å². The summed E-state index contributed by atoms with van der Waals surface area (Å²) in [4.78, 5) is 64.8. The van der Waals surface area contributed by atoms with Gasteiger partial charge in [0.05, 0.1) is 37.9 Å². The summed E-state index contributed by atoms with van der Waals surface area (Å²) in [6.07, 6.45) is -12.4. The van der Waals surface area contributed by atoms with Crippen molar-refractivity contribution >= 4 is 63.9 Å². The number of hydrogen-bond donors (Lipinski definition) is 0. The lowest BCUT2D eigenvalue weighted by Gasteiger charge is -2.38. The highest BCUT2D eigenvalue weighted by molar-refractivity contribution is 6.41. The van der Waals surface area contributed by atoms with Gasteiger partial charge in [0.1, 0.15) is 5.69 Å². The van der Waals surface area contributed by atoms with Crippen LogP contribution in [-0.4, -0.2) is 40.9 Å². The molecule has 9 nitrogen and oxygen atoms in total. The summed E-state index contributed by atoms with van der Waals surface area (Å²) >= 11 is 12.0. The first-order valence-electron chi connectivity index (χ1n) is 13.7. The van der Waals surface area contributed by atoms with Crippen LogP contribution >= 0.6 is 23.2 Å². The normalized spacial score (nSPS) is 14.9. The fraction of sp³-hybridized carbons (Fsp3) is 0.125. The van der Waals surface area contributed by atoms with Crippen molar-refractivity contribution < 1.29 is 50.4 Å². The van der Waals surface area contributed by atoms with Gasteiger partial charge in [-0.15, -0.1) is 0 Å². The molecule has 0 atom stereocenters. The zero-order chi connectivity index (χ0) is 36.0. The Balaban J connectivity index is 1.52. The highest BCUT2D eigenvalue weighted by atomic mass is 35.5. The lowest BCUT2D eigenvalue weighted by Crippen LogP contribution is -2.55. The molecule has 0 aliphatic carbocycles. The lowest BCUT2D eigenvalue weighted by molar-refractivity contribution is -0.384. The van der Waals surface area contributed by atoms with E-state index in [0.29, 0.717) is 45.7 Å². The summed E-state index contributed by atoms with van der Waals surface area (Å²) in [6, 6.07) is 9.51. The predicted octanol–water partition coefficient (Wildman–Crippen LogP) is 8.22. The van der Waals surface area contributed by atoms with Crippen LogP contribution in [-0.2, 0) is 5.41 Å². The molecule has 4 aromatic carbocycles. The van der Waals surface area contributed by atoms with Crippen molar-refractivity contribution in [1.82, 2.24) is 0 Å². The molecule has 0 spiro atoms. The van der Waals surface area contributed by atoms with Gasteiger partial charge in [0.15, 0.2) is 0 Å². The number of aryl methyl sites for hydroxylation is 1. The number of halogens is 8. The monoisotopic (exact) mass is 721 g/mol. The maximum atomic E-state index is 15.1. The van der Waals surface area contributed by atoms with Gasteiger partial charge in [-0.1, -0.05) is 41.4 Å². The van der Waals surface area contributed by atoms with Gasteiger partial charge < -0.3 is 0 Å². The van der Waals surface area contributed by atoms with E-state index in [1.807, 2.05) is 0 Å². The van der Waals surface area contributed by atoms with Crippen LogP contribution in [0.1, 0.15) is 58.1 Å². The number of alkyl halides is 6. The molecule has 0 fully saturated rings. The summed E-state index contributed by atoms with van der Waals surface area (Å²) in [6.45, 7) is 1.48. The van der Waals surface area contributed by atoms with Gasteiger partial charge in [0.2, 0.25) is 5.41 Å². The maximum Gasteiger partial charge on any atom is 0.411 e. The van der Waals surface area contributed by atoms with E-state index >= 15 is 26.3 Å².